The molecule has 0 N–H and O–H groups in total. The number of piperidine rings is 1. The van der Waals surface area contributed by atoms with Crippen LogP contribution in [0.15, 0.2) is 24.3 Å². The van der Waals surface area contributed by atoms with E-state index in [1.54, 1.807) is 0 Å². The van der Waals surface area contributed by atoms with Crippen LogP contribution < -0.4 is 0 Å². The van der Waals surface area contributed by atoms with Crippen LogP contribution in [0, 0.1) is 12.8 Å². The van der Waals surface area contributed by atoms with E-state index in [2.05, 4.69) is 11.9 Å². The van der Waals surface area contributed by atoms with Crippen molar-refractivity contribution in [1.29, 1.82) is 0 Å². The number of benzene rings is 1. The van der Waals surface area contributed by atoms with E-state index in [-0.39, 0.29) is 5.92 Å². The molecular weight excluding hydrogens is 198 g/mol. The van der Waals surface area contributed by atoms with Gasteiger partial charge in [0.2, 0.25) is 0 Å². The van der Waals surface area contributed by atoms with Crippen molar-refractivity contribution in [1.82, 2.24) is 4.90 Å². The van der Waals surface area contributed by atoms with E-state index in [0.717, 1.165) is 37.1 Å². The second-order valence-corrected chi connectivity index (χ2v) is 4.78. The zero-order valence-electron chi connectivity index (χ0n) is 10.1. The lowest BCUT2D eigenvalue weighted by Crippen LogP contribution is -2.36. The van der Waals surface area contributed by atoms with Gasteiger partial charge in [0, 0.05) is 18.0 Å². The molecule has 0 amide bonds. The average molecular weight is 217 g/mol. The summed E-state index contributed by atoms with van der Waals surface area (Å²) in [6.45, 7) is 4.05. The van der Waals surface area contributed by atoms with E-state index in [4.69, 9.17) is 0 Å². The summed E-state index contributed by atoms with van der Waals surface area (Å²) < 4.78 is 0. The first-order valence-corrected chi connectivity index (χ1v) is 5.97. The molecule has 2 heteroatoms. The van der Waals surface area contributed by atoms with Crippen molar-refractivity contribution in [2.45, 2.75) is 19.8 Å². The van der Waals surface area contributed by atoms with Gasteiger partial charge in [-0.1, -0.05) is 24.3 Å². The molecule has 1 fully saturated rings. The molecule has 0 bridgehead atoms. The summed E-state index contributed by atoms with van der Waals surface area (Å²) in [5.74, 6) is 0.518. The van der Waals surface area contributed by atoms with Crippen LogP contribution in [0.3, 0.4) is 0 Å². The fourth-order valence-electron chi connectivity index (χ4n) is 2.45. The molecule has 2 nitrogen and oxygen atoms in total. The second-order valence-electron chi connectivity index (χ2n) is 4.78. The van der Waals surface area contributed by atoms with Crippen LogP contribution in [0.1, 0.15) is 28.8 Å². The molecule has 1 unspecified atom stereocenters. The zero-order chi connectivity index (χ0) is 11.5. The third-order valence-electron chi connectivity index (χ3n) is 3.41. The monoisotopic (exact) mass is 217 g/mol. The maximum absolute atomic E-state index is 12.3. The number of carbonyl (C=O) groups excluding carboxylic acids is 1. The number of hydrogen-bond donors (Lipinski definition) is 0. The van der Waals surface area contributed by atoms with Gasteiger partial charge in [-0.3, -0.25) is 4.79 Å². The molecule has 1 atom stereocenters. The van der Waals surface area contributed by atoms with Gasteiger partial charge in [0.05, 0.1) is 0 Å². The molecular formula is C14H19NO. The Hall–Kier alpha value is -1.15. The SMILES string of the molecule is Cc1ccccc1C(=O)C1CCCN(C)C1. The van der Waals surface area contributed by atoms with E-state index < -0.39 is 0 Å². The summed E-state index contributed by atoms with van der Waals surface area (Å²) in [7, 11) is 2.09. The van der Waals surface area contributed by atoms with Gasteiger partial charge < -0.3 is 4.90 Å². The number of hydrogen-bond acceptors (Lipinski definition) is 2. The second kappa shape index (κ2) is 4.79. The molecule has 0 radical (unpaired) electrons. The Kier molecular flexibility index (Phi) is 3.39. The summed E-state index contributed by atoms with van der Waals surface area (Å²) >= 11 is 0. The van der Waals surface area contributed by atoms with Crippen molar-refractivity contribution in [3.63, 3.8) is 0 Å². The largest absolute Gasteiger partial charge is 0.306 e. The molecule has 1 heterocycles. The highest BCUT2D eigenvalue weighted by molar-refractivity contribution is 5.99. The van der Waals surface area contributed by atoms with Crippen LogP contribution in [-0.4, -0.2) is 30.8 Å². The Bertz CT molecular complexity index is 386. The Morgan fingerprint density at radius 1 is 1.38 bits per heavy atom. The molecule has 86 valence electrons. The molecule has 0 spiro atoms. The summed E-state index contributed by atoms with van der Waals surface area (Å²) in [4.78, 5) is 14.6. The van der Waals surface area contributed by atoms with Crippen molar-refractivity contribution in [3.05, 3.63) is 35.4 Å². The fourth-order valence-corrected chi connectivity index (χ4v) is 2.45. The Balaban J connectivity index is 2.16. The quantitative estimate of drug-likeness (QED) is 0.709. The molecule has 1 aromatic carbocycles. The summed E-state index contributed by atoms with van der Waals surface area (Å²) in [5, 5.41) is 0. The Labute approximate surface area is 97.3 Å². The third kappa shape index (κ3) is 2.33. The lowest BCUT2D eigenvalue weighted by Gasteiger charge is -2.29. The first kappa shape index (κ1) is 11.3. The summed E-state index contributed by atoms with van der Waals surface area (Å²) in [6.07, 6.45) is 2.18. The first-order valence-electron chi connectivity index (χ1n) is 5.97. The molecule has 1 aromatic rings. The molecule has 0 aliphatic carbocycles. The van der Waals surface area contributed by atoms with E-state index in [0.29, 0.717) is 5.78 Å². The predicted molar refractivity (Wildman–Crippen MR) is 65.7 cm³/mol. The number of carbonyl (C=O) groups is 1. The van der Waals surface area contributed by atoms with E-state index in [1.165, 1.54) is 0 Å². The molecule has 1 saturated heterocycles. The van der Waals surface area contributed by atoms with Crippen LogP contribution >= 0.6 is 0 Å². The van der Waals surface area contributed by atoms with Crippen molar-refractivity contribution in [2.24, 2.45) is 5.92 Å². The van der Waals surface area contributed by atoms with Gasteiger partial charge in [0.15, 0.2) is 5.78 Å². The van der Waals surface area contributed by atoms with Gasteiger partial charge in [-0.05, 0) is 38.9 Å². The number of rotatable bonds is 2. The number of likely N-dealkylation sites (tertiary alicyclic amines) is 1. The van der Waals surface area contributed by atoms with Crippen LogP contribution in [0.2, 0.25) is 0 Å². The van der Waals surface area contributed by atoms with Gasteiger partial charge in [0.25, 0.3) is 0 Å². The van der Waals surface area contributed by atoms with Crippen molar-refractivity contribution in [3.8, 4) is 0 Å². The highest BCUT2D eigenvalue weighted by Gasteiger charge is 2.25. The van der Waals surface area contributed by atoms with Gasteiger partial charge in [-0.25, -0.2) is 0 Å². The summed E-state index contributed by atoms with van der Waals surface area (Å²) in [5.41, 5.74) is 2.00. The predicted octanol–water partition coefficient (Wildman–Crippen LogP) is 2.52. The number of aryl methyl sites for hydroxylation is 1. The minimum Gasteiger partial charge on any atom is -0.306 e. The Morgan fingerprint density at radius 2 is 2.12 bits per heavy atom. The van der Waals surface area contributed by atoms with Crippen LogP contribution in [-0.2, 0) is 0 Å². The normalized spacial score (nSPS) is 22.0. The minimum absolute atomic E-state index is 0.194. The lowest BCUT2D eigenvalue weighted by atomic mass is 9.88. The van der Waals surface area contributed by atoms with Crippen LogP contribution in [0.5, 0.6) is 0 Å². The molecule has 0 saturated carbocycles. The number of ketones is 1. The van der Waals surface area contributed by atoms with Crippen molar-refractivity contribution < 1.29 is 4.79 Å². The Morgan fingerprint density at radius 3 is 2.81 bits per heavy atom. The third-order valence-corrected chi connectivity index (χ3v) is 3.41. The molecule has 1 aliphatic heterocycles. The fraction of sp³-hybridized carbons (Fsp3) is 0.500. The molecule has 1 aliphatic rings. The lowest BCUT2D eigenvalue weighted by molar-refractivity contribution is 0.0842. The topological polar surface area (TPSA) is 20.3 Å². The molecule has 16 heavy (non-hydrogen) atoms. The number of nitrogens with zero attached hydrogens (tertiary/aromatic N) is 1. The smallest absolute Gasteiger partial charge is 0.167 e. The number of Topliss-reactive ketones (excluding diaryl/α,β-unsaturated/α-hetero) is 1. The average Bonchev–Trinajstić information content (AvgIpc) is 2.29. The maximum atomic E-state index is 12.3. The van der Waals surface area contributed by atoms with Crippen molar-refractivity contribution in [2.75, 3.05) is 20.1 Å². The first-order chi connectivity index (χ1) is 7.68. The molecule has 0 aromatic heterocycles. The van der Waals surface area contributed by atoms with Crippen LogP contribution in [0.4, 0.5) is 0 Å². The zero-order valence-corrected chi connectivity index (χ0v) is 10.1. The van der Waals surface area contributed by atoms with E-state index in [1.807, 2.05) is 31.2 Å². The minimum atomic E-state index is 0.194. The maximum Gasteiger partial charge on any atom is 0.167 e. The van der Waals surface area contributed by atoms with E-state index in [9.17, 15) is 4.79 Å². The van der Waals surface area contributed by atoms with Crippen LogP contribution in [0.25, 0.3) is 0 Å². The van der Waals surface area contributed by atoms with Gasteiger partial charge >= 0.3 is 0 Å². The van der Waals surface area contributed by atoms with Gasteiger partial charge in [0.1, 0.15) is 0 Å². The van der Waals surface area contributed by atoms with E-state index >= 15 is 0 Å². The highest BCUT2D eigenvalue weighted by atomic mass is 16.1. The molecule has 2 rings (SSSR count). The summed E-state index contributed by atoms with van der Waals surface area (Å²) in [6, 6.07) is 7.90. The highest BCUT2D eigenvalue weighted by Crippen LogP contribution is 2.21. The van der Waals surface area contributed by atoms with Gasteiger partial charge in [-0.2, -0.15) is 0 Å². The van der Waals surface area contributed by atoms with Gasteiger partial charge in [-0.15, -0.1) is 0 Å². The standard InChI is InChI=1S/C14H19NO/c1-11-6-3-4-8-13(11)14(16)12-7-5-9-15(2)10-12/h3-4,6,8,12H,5,7,9-10H2,1-2H3. The van der Waals surface area contributed by atoms with Crippen molar-refractivity contribution >= 4 is 5.78 Å².